The third kappa shape index (κ3) is 3.48. The summed E-state index contributed by atoms with van der Waals surface area (Å²) in [5.41, 5.74) is 7.49. The van der Waals surface area contributed by atoms with Crippen molar-refractivity contribution < 1.29 is 9.53 Å². The van der Waals surface area contributed by atoms with Gasteiger partial charge in [0.25, 0.3) is 0 Å². The van der Waals surface area contributed by atoms with Crippen LogP contribution in [-0.2, 0) is 10.3 Å². The summed E-state index contributed by atoms with van der Waals surface area (Å²) >= 11 is 0. The van der Waals surface area contributed by atoms with E-state index in [1.165, 1.54) is 0 Å². The average Bonchev–Trinajstić information content (AvgIpc) is 3.46. The van der Waals surface area contributed by atoms with E-state index >= 15 is 0 Å². The minimum atomic E-state index is -1.19. The topological polar surface area (TPSA) is 50.1 Å². The minimum absolute atomic E-state index is 0.345. The first-order valence-electron chi connectivity index (χ1n) is 12.7. The number of aryl methyl sites for hydroxylation is 1. The number of ether oxygens (including phenoxy) is 1. The molecule has 0 amide bonds. The van der Waals surface area contributed by atoms with Crippen molar-refractivity contribution in [3.05, 3.63) is 119 Å². The number of carbonyl (C=O) groups excluding carboxylic acids is 1. The molecule has 0 spiro atoms. The first kappa shape index (κ1) is 23.8. The number of fused-ring (bicyclic) bond motifs is 2. The lowest BCUT2D eigenvalue weighted by atomic mass is 9.81. The third-order valence-corrected chi connectivity index (χ3v) is 7.38. The Kier molecular flexibility index (Phi) is 5.49. The molecule has 1 aliphatic heterocycles. The minimum Gasteiger partial charge on any atom is -0.439 e. The zero-order valence-electron chi connectivity index (χ0n) is 22.3. The molecule has 3 aromatic carbocycles. The van der Waals surface area contributed by atoms with Gasteiger partial charge in [-0.15, -0.1) is 0 Å². The summed E-state index contributed by atoms with van der Waals surface area (Å²) in [5.74, 6) is -0.345. The number of esters is 1. The SMILES string of the molecule is Cc1cccn2c(C3(c4ccc(N(C)C)cc4)OC(=O)c4cc(N(C)C)ccc43)c(-c3ccccc3)nc12. The van der Waals surface area contributed by atoms with Crippen LogP contribution in [0.4, 0.5) is 11.4 Å². The normalized spacial score (nSPS) is 16.4. The van der Waals surface area contributed by atoms with Gasteiger partial charge in [0.05, 0.1) is 11.3 Å². The highest BCUT2D eigenvalue weighted by atomic mass is 16.6. The summed E-state index contributed by atoms with van der Waals surface area (Å²) in [6.45, 7) is 2.05. The molecule has 5 aromatic rings. The number of aromatic nitrogens is 2. The van der Waals surface area contributed by atoms with Crippen molar-refractivity contribution in [3.8, 4) is 11.3 Å². The quantitative estimate of drug-likeness (QED) is 0.280. The van der Waals surface area contributed by atoms with Gasteiger partial charge in [0, 0.05) is 62.5 Å². The fourth-order valence-electron chi connectivity index (χ4n) is 5.39. The molecule has 190 valence electrons. The van der Waals surface area contributed by atoms with E-state index < -0.39 is 5.60 Å². The molecule has 0 fully saturated rings. The molecule has 1 unspecified atom stereocenters. The molecule has 6 heteroatoms. The molecule has 6 nitrogen and oxygen atoms in total. The van der Waals surface area contributed by atoms with E-state index in [-0.39, 0.29) is 5.97 Å². The Hall–Kier alpha value is -4.58. The molecule has 0 saturated carbocycles. The second kappa shape index (κ2) is 8.77. The second-order valence-electron chi connectivity index (χ2n) is 10.2. The molecule has 0 saturated heterocycles. The number of pyridine rings is 1. The summed E-state index contributed by atoms with van der Waals surface area (Å²) in [6, 6.07) is 28.4. The van der Waals surface area contributed by atoms with Crippen LogP contribution in [0.3, 0.4) is 0 Å². The number of anilines is 2. The van der Waals surface area contributed by atoms with Crippen molar-refractivity contribution in [2.24, 2.45) is 0 Å². The summed E-state index contributed by atoms with van der Waals surface area (Å²) in [7, 11) is 7.96. The smallest absolute Gasteiger partial charge is 0.340 e. The van der Waals surface area contributed by atoms with Gasteiger partial charge in [0.2, 0.25) is 5.60 Å². The van der Waals surface area contributed by atoms with Gasteiger partial charge in [-0.3, -0.25) is 4.40 Å². The fraction of sp³-hybridized carbons (Fsp3) is 0.188. The van der Waals surface area contributed by atoms with Crippen LogP contribution in [0.1, 0.15) is 32.7 Å². The number of rotatable bonds is 5. The molecule has 2 aromatic heterocycles. The van der Waals surface area contributed by atoms with Crippen LogP contribution in [0.5, 0.6) is 0 Å². The van der Waals surface area contributed by atoms with Crippen LogP contribution in [0, 0.1) is 6.92 Å². The maximum absolute atomic E-state index is 13.7. The Bertz CT molecular complexity index is 1670. The molecule has 1 aliphatic rings. The van der Waals surface area contributed by atoms with Gasteiger partial charge >= 0.3 is 5.97 Å². The Morgan fingerprint density at radius 2 is 1.50 bits per heavy atom. The molecule has 38 heavy (non-hydrogen) atoms. The monoisotopic (exact) mass is 502 g/mol. The summed E-state index contributed by atoms with van der Waals surface area (Å²) in [5, 5.41) is 0. The highest BCUT2D eigenvalue weighted by Gasteiger charge is 2.52. The molecule has 0 bridgehead atoms. The Morgan fingerprint density at radius 1 is 0.816 bits per heavy atom. The van der Waals surface area contributed by atoms with Gasteiger partial charge in [-0.1, -0.05) is 54.6 Å². The van der Waals surface area contributed by atoms with E-state index in [1.54, 1.807) is 0 Å². The van der Waals surface area contributed by atoms with Crippen LogP contribution in [0.15, 0.2) is 91.1 Å². The molecule has 3 heterocycles. The van der Waals surface area contributed by atoms with Crippen LogP contribution in [0.2, 0.25) is 0 Å². The van der Waals surface area contributed by atoms with Gasteiger partial charge in [-0.05, 0) is 42.8 Å². The molecule has 1 atom stereocenters. The maximum Gasteiger partial charge on any atom is 0.340 e. The molecule has 6 rings (SSSR count). The maximum atomic E-state index is 13.7. The molecule has 0 aliphatic carbocycles. The van der Waals surface area contributed by atoms with E-state index in [1.807, 2.05) is 81.8 Å². The Balaban J connectivity index is 1.75. The highest BCUT2D eigenvalue weighted by molar-refractivity contribution is 5.98. The van der Waals surface area contributed by atoms with E-state index in [0.717, 1.165) is 50.7 Å². The van der Waals surface area contributed by atoms with Crippen LogP contribution in [-0.4, -0.2) is 43.5 Å². The predicted molar refractivity (Wildman–Crippen MR) is 152 cm³/mol. The summed E-state index contributed by atoms with van der Waals surface area (Å²) < 4.78 is 8.65. The Labute approximate surface area is 222 Å². The number of carbonyl (C=O) groups is 1. The zero-order chi connectivity index (χ0) is 26.6. The number of hydrogen-bond acceptors (Lipinski definition) is 5. The van der Waals surface area contributed by atoms with Crippen LogP contribution in [0.25, 0.3) is 16.9 Å². The summed E-state index contributed by atoms with van der Waals surface area (Å²) in [4.78, 5) is 22.9. The first-order chi connectivity index (χ1) is 18.3. The third-order valence-electron chi connectivity index (χ3n) is 7.38. The number of hydrogen-bond donors (Lipinski definition) is 0. The van der Waals surface area contributed by atoms with E-state index in [2.05, 4.69) is 58.7 Å². The molecular formula is C32H30N4O2. The van der Waals surface area contributed by atoms with E-state index in [9.17, 15) is 4.79 Å². The molecule has 0 N–H and O–H groups in total. The van der Waals surface area contributed by atoms with Crippen molar-refractivity contribution in [2.75, 3.05) is 38.0 Å². The Morgan fingerprint density at radius 3 is 2.18 bits per heavy atom. The number of imidazole rings is 1. The van der Waals surface area contributed by atoms with Crippen LogP contribution >= 0.6 is 0 Å². The average molecular weight is 503 g/mol. The van der Waals surface area contributed by atoms with Gasteiger partial charge in [-0.2, -0.15) is 0 Å². The van der Waals surface area contributed by atoms with Crippen molar-refractivity contribution in [3.63, 3.8) is 0 Å². The predicted octanol–water partition coefficient (Wildman–Crippen LogP) is 5.90. The lowest BCUT2D eigenvalue weighted by molar-refractivity contribution is 0.0238. The lowest BCUT2D eigenvalue weighted by Gasteiger charge is -2.31. The number of benzene rings is 3. The largest absolute Gasteiger partial charge is 0.439 e. The van der Waals surface area contributed by atoms with Crippen molar-refractivity contribution in [1.82, 2.24) is 9.38 Å². The number of cyclic esters (lactones) is 1. The summed E-state index contributed by atoms with van der Waals surface area (Å²) in [6.07, 6.45) is 2.01. The van der Waals surface area contributed by atoms with Crippen LogP contribution < -0.4 is 9.80 Å². The van der Waals surface area contributed by atoms with Crippen molar-refractivity contribution >= 4 is 23.0 Å². The first-order valence-corrected chi connectivity index (χ1v) is 12.7. The van der Waals surface area contributed by atoms with Crippen molar-refractivity contribution in [2.45, 2.75) is 12.5 Å². The standard InChI is InChI=1S/C32H30N4O2/c1-21-10-9-19-36-29(28(33-30(21)36)22-11-7-6-8-12-22)32(23-13-15-24(16-14-23)34(2)3)27-18-17-25(35(4)5)20-26(27)31(37)38-32/h6-20H,1-5H3. The van der Waals surface area contributed by atoms with E-state index in [4.69, 9.17) is 9.72 Å². The van der Waals surface area contributed by atoms with Gasteiger partial charge in [-0.25, -0.2) is 9.78 Å². The number of nitrogens with zero attached hydrogens (tertiary/aromatic N) is 4. The lowest BCUT2D eigenvalue weighted by Crippen LogP contribution is -2.32. The van der Waals surface area contributed by atoms with E-state index in [0.29, 0.717) is 5.56 Å². The van der Waals surface area contributed by atoms with Gasteiger partial charge < -0.3 is 14.5 Å². The van der Waals surface area contributed by atoms with Gasteiger partial charge in [0.1, 0.15) is 11.3 Å². The fourth-order valence-corrected chi connectivity index (χ4v) is 5.39. The highest BCUT2D eigenvalue weighted by Crippen LogP contribution is 2.50. The molecule has 0 radical (unpaired) electrons. The second-order valence-corrected chi connectivity index (χ2v) is 10.2. The van der Waals surface area contributed by atoms with Crippen molar-refractivity contribution in [1.29, 1.82) is 0 Å². The van der Waals surface area contributed by atoms with Gasteiger partial charge in [0.15, 0.2) is 0 Å². The molecular weight excluding hydrogens is 472 g/mol. The zero-order valence-corrected chi connectivity index (χ0v) is 22.3.